The van der Waals surface area contributed by atoms with Gasteiger partial charge in [0.05, 0.1) is 6.04 Å². The molecule has 1 heterocycles. The Morgan fingerprint density at radius 3 is 2.35 bits per heavy atom. The summed E-state index contributed by atoms with van der Waals surface area (Å²) in [6.45, 7) is 6.23. The number of carbonyl (C=O) groups excluding carboxylic acids is 1. The minimum atomic E-state index is 0. The Bertz CT molecular complexity index is 326. The summed E-state index contributed by atoms with van der Waals surface area (Å²) in [5, 5.41) is 6.44. The molecule has 1 aliphatic heterocycles. The van der Waals surface area contributed by atoms with Crippen molar-refractivity contribution >= 4 is 18.3 Å². The zero-order valence-corrected chi connectivity index (χ0v) is 15.8. The normalized spacial score (nSPS) is 22.3. The molecule has 0 aromatic carbocycles. The number of likely N-dealkylation sites (tertiary alicyclic amines) is 1. The van der Waals surface area contributed by atoms with Crippen molar-refractivity contribution in [2.45, 2.75) is 64.3 Å². The molecule has 2 aliphatic rings. The second-order valence-corrected chi connectivity index (χ2v) is 7.30. The van der Waals surface area contributed by atoms with Crippen LogP contribution in [0.5, 0.6) is 0 Å². The molecule has 4 nitrogen and oxygen atoms in total. The first kappa shape index (κ1) is 20.7. The molecule has 1 amide bonds. The largest absolute Gasteiger partial charge is 0.354 e. The fourth-order valence-electron chi connectivity index (χ4n) is 3.93. The SMILES string of the molecule is CNCCC1CCN(C(C)C(=O)NCC2CCCCC2)CC1.Cl. The van der Waals surface area contributed by atoms with E-state index >= 15 is 0 Å². The third-order valence-corrected chi connectivity index (χ3v) is 5.67. The summed E-state index contributed by atoms with van der Waals surface area (Å²) < 4.78 is 0. The fourth-order valence-corrected chi connectivity index (χ4v) is 3.93. The van der Waals surface area contributed by atoms with Crippen LogP contribution in [0.2, 0.25) is 0 Å². The van der Waals surface area contributed by atoms with E-state index in [9.17, 15) is 4.79 Å². The van der Waals surface area contributed by atoms with Crippen LogP contribution in [0.4, 0.5) is 0 Å². The summed E-state index contributed by atoms with van der Waals surface area (Å²) in [7, 11) is 2.02. The quantitative estimate of drug-likeness (QED) is 0.745. The van der Waals surface area contributed by atoms with Crippen molar-refractivity contribution in [1.82, 2.24) is 15.5 Å². The average molecular weight is 346 g/mol. The number of amides is 1. The third-order valence-electron chi connectivity index (χ3n) is 5.67. The van der Waals surface area contributed by atoms with Crippen molar-refractivity contribution in [1.29, 1.82) is 0 Å². The van der Waals surface area contributed by atoms with Crippen molar-refractivity contribution in [2.75, 3.05) is 33.2 Å². The minimum absolute atomic E-state index is 0. The predicted octanol–water partition coefficient (Wildman–Crippen LogP) is 2.81. The lowest BCUT2D eigenvalue weighted by molar-refractivity contribution is -0.126. The number of halogens is 1. The summed E-state index contributed by atoms with van der Waals surface area (Å²) in [5.74, 6) is 1.79. The van der Waals surface area contributed by atoms with Crippen molar-refractivity contribution in [3.8, 4) is 0 Å². The number of piperidine rings is 1. The zero-order valence-electron chi connectivity index (χ0n) is 15.0. The van der Waals surface area contributed by atoms with Crippen LogP contribution in [0, 0.1) is 11.8 Å². The van der Waals surface area contributed by atoms with Crippen LogP contribution in [-0.2, 0) is 4.79 Å². The summed E-state index contributed by atoms with van der Waals surface area (Å²) in [6, 6.07) is 0.0360. The molecule has 0 bridgehead atoms. The number of hydrogen-bond donors (Lipinski definition) is 2. The molecule has 23 heavy (non-hydrogen) atoms. The zero-order chi connectivity index (χ0) is 15.8. The maximum atomic E-state index is 12.4. The first-order chi connectivity index (χ1) is 10.7. The lowest BCUT2D eigenvalue weighted by Gasteiger charge is -2.35. The van der Waals surface area contributed by atoms with Crippen LogP contribution in [0.25, 0.3) is 0 Å². The molecule has 2 N–H and O–H groups in total. The van der Waals surface area contributed by atoms with E-state index in [0.29, 0.717) is 0 Å². The highest BCUT2D eigenvalue weighted by Crippen LogP contribution is 2.23. The molecule has 5 heteroatoms. The molecular formula is C18H36ClN3O. The van der Waals surface area contributed by atoms with E-state index in [0.717, 1.165) is 38.0 Å². The second-order valence-electron chi connectivity index (χ2n) is 7.30. The van der Waals surface area contributed by atoms with E-state index in [1.165, 1.54) is 51.4 Å². The first-order valence-electron chi connectivity index (χ1n) is 9.37. The maximum Gasteiger partial charge on any atom is 0.237 e. The Hall–Kier alpha value is -0.320. The van der Waals surface area contributed by atoms with Crippen molar-refractivity contribution < 1.29 is 4.79 Å². The molecule has 2 rings (SSSR count). The Labute approximate surface area is 148 Å². The number of nitrogens with zero attached hydrogens (tertiary/aromatic N) is 1. The topological polar surface area (TPSA) is 44.4 Å². The summed E-state index contributed by atoms with van der Waals surface area (Å²) in [6.07, 6.45) is 10.4. The van der Waals surface area contributed by atoms with Gasteiger partial charge in [-0.25, -0.2) is 0 Å². The minimum Gasteiger partial charge on any atom is -0.354 e. The van der Waals surface area contributed by atoms with Gasteiger partial charge in [-0.3, -0.25) is 9.69 Å². The van der Waals surface area contributed by atoms with Gasteiger partial charge in [-0.05, 0) is 77.5 Å². The van der Waals surface area contributed by atoms with Gasteiger partial charge in [0.2, 0.25) is 5.91 Å². The van der Waals surface area contributed by atoms with Crippen LogP contribution in [0.3, 0.4) is 0 Å². The van der Waals surface area contributed by atoms with Crippen LogP contribution in [-0.4, -0.2) is 50.1 Å². The predicted molar refractivity (Wildman–Crippen MR) is 99.1 cm³/mol. The van der Waals surface area contributed by atoms with Crippen molar-refractivity contribution in [3.05, 3.63) is 0 Å². The van der Waals surface area contributed by atoms with E-state index in [1.807, 2.05) is 7.05 Å². The molecule has 0 radical (unpaired) electrons. The Kier molecular flexibility index (Phi) is 10.2. The molecule has 1 aliphatic carbocycles. The van der Waals surface area contributed by atoms with Crippen LogP contribution < -0.4 is 10.6 Å². The highest BCUT2D eigenvalue weighted by atomic mass is 35.5. The standard InChI is InChI=1S/C18H35N3O.ClH/c1-15(18(22)20-14-17-6-4-3-5-7-17)21-12-9-16(10-13-21)8-11-19-2;/h15-17,19H,3-14H2,1-2H3,(H,20,22);1H. The highest BCUT2D eigenvalue weighted by molar-refractivity contribution is 5.85. The van der Waals surface area contributed by atoms with E-state index in [2.05, 4.69) is 22.5 Å². The number of hydrogen-bond acceptors (Lipinski definition) is 3. The molecule has 136 valence electrons. The van der Waals surface area contributed by atoms with Gasteiger partial charge < -0.3 is 10.6 Å². The second kappa shape index (κ2) is 11.3. The van der Waals surface area contributed by atoms with Crippen LogP contribution in [0.15, 0.2) is 0 Å². The lowest BCUT2D eigenvalue weighted by atomic mass is 9.89. The molecule has 1 atom stereocenters. The third kappa shape index (κ3) is 6.98. The van der Waals surface area contributed by atoms with Crippen LogP contribution >= 0.6 is 12.4 Å². The van der Waals surface area contributed by atoms with Crippen molar-refractivity contribution in [3.63, 3.8) is 0 Å². The van der Waals surface area contributed by atoms with E-state index in [1.54, 1.807) is 0 Å². The van der Waals surface area contributed by atoms with Gasteiger partial charge >= 0.3 is 0 Å². The number of carbonyl (C=O) groups is 1. The molecule has 2 fully saturated rings. The van der Waals surface area contributed by atoms with Gasteiger partial charge in [0.15, 0.2) is 0 Å². The molecule has 1 saturated heterocycles. The first-order valence-corrected chi connectivity index (χ1v) is 9.37. The van der Waals surface area contributed by atoms with Gasteiger partial charge in [0.1, 0.15) is 0 Å². The van der Waals surface area contributed by atoms with Gasteiger partial charge in [-0.1, -0.05) is 19.3 Å². The maximum absolute atomic E-state index is 12.4. The Morgan fingerprint density at radius 1 is 1.09 bits per heavy atom. The summed E-state index contributed by atoms with van der Waals surface area (Å²) in [4.78, 5) is 14.7. The van der Waals surface area contributed by atoms with Crippen LogP contribution in [0.1, 0.15) is 58.3 Å². The average Bonchev–Trinajstić information content (AvgIpc) is 2.58. The fraction of sp³-hybridized carbons (Fsp3) is 0.944. The lowest BCUT2D eigenvalue weighted by Crippen LogP contribution is -2.49. The summed E-state index contributed by atoms with van der Waals surface area (Å²) >= 11 is 0. The Balaban J connectivity index is 0.00000264. The molecule has 1 unspecified atom stereocenters. The van der Waals surface area contributed by atoms with E-state index < -0.39 is 0 Å². The highest BCUT2D eigenvalue weighted by Gasteiger charge is 2.26. The smallest absolute Gasteiger partial charge is 0.237 e. The molecule has 0 spiro atoms. The molecular weight excluding hydrogens is 310 g/mol. The van der Waals surface area contributed by atoms with Gasteiger partial charge in [-0.2, -0.15) is 0 Å². The van der Waals surface area contributed by atoms with Crippen molar-refractivity contribution in [2.24, 2.45) is 11.8 Å². The van der Waals surface area contributed by atoms with Gasteiger partial charge in [0, 0.05) is 6.54 Å². The number of rotatable bonds is 7. The van der Waals surface area contributed by atoms with E-state index in [-0.39, 0.29) is 24.4 Å². The van der Waals surface area contributed by atoms with Gasteiger partial charge in [-0.15, -0.1) is 12.4 Å². The van der Waals surface area contributed by atoms with Gasteiger partial charge in [0.25, 0.3) is 0 Å². The summed E-state index contributed by atoms with van der Waals surface area (Å²) in [5.41, 5.74) is 0. The Morgan fingerprint density at radius 2 is 1.74 bits per heavy atom. The molecule has 0 aromatic rings. The number of nitrogens with one attached hydrogen (secondary N) is 2. The molecule has 1 saturated carbocycles. The van der Waals surface area contributed by atoms with E-state index in [4.69, 9.17) is 0 Å². The molecule has 0 aromatic heterocycles. The monoisotopic (exact) mass is 345 g/mol.